The first-order valence-corrected chi connectivity index (χ1v) is 4.21. The van der Waals surface area contributed by atoms with Crippen LogP contribution in [0.25, 0.3) is 0 Å². The van der Waals surface area contributed by atoms with E-state index in [1.54, 1.807) is 0 Å². The second-order valence-corrected chi connectivity index (χ2v) is 3.04. The molecule has 0 saturated carbocycles. The monoisotopic (exact) mass is 255 g/mol. The summed E-state index contributed by atoms with van der Waals surface area (Å²) in [7, 11) is 0. The number of alkyl halides is 4. The number of nitrogens with zero attached hydrogens (tertiary/aromatic N) is 1. The quantitative estimate of drug-likeness (QED) is 0.513. The fourth-order valence-corrected chi connectivity index (χ4v) is 1.05. The van der Waals surface area contributed by atoms with Crippen LogP contribution in [0.5, 0.6) is 0 Å². The molecule has 0 radical (unpaired) electrons. The van der Waals surface area contributed by atoms with E-state index in [0.29, 0.717) is 0 Å². The van der Waals surface area contributed by atoms with Crippen LogP contribution in [0.3, 0.4) is 0 Å². The summed E-state index contributed by atoms with van der Waals surface area (Å²) in [5.74, 6) is -8.09. The molecular weight excluding hydrogens is 249 g/mol. The van der Waals surface area contributed by atoms with Crippen molar-refractivity contribution in [3.05, 3.63) is 30.3 Å². The van der Waals surface area contributed by atoms with Gasteiger partial charge in [-0.2, -0.15) is 22.7 Å². The van der Waals surface area contributed by atoms with E-state index in [4.69, 9.17) is 5.11 Å². The first kappa shape index (κ1) is 13.2. The molecule has 1 unspecified atom stereocenters. The first-order valence-electron chi connectivity index (χ1n) is 4.21. The third-order valence-electron chi connectivity index (χ3n) is 1.91. The Balaban J connectivity index is 3.23. The lowest BCUT2D eigenvalue weighted by atomic mass is 10.2. The minimum atomic E-state index is -5.91. The van der Waals surface area contributed by atoms with Gasteiger partial charge in [0.05, 0.1) is 5.69 Å². The number of halogens is 5. The van der Waals surface area contributed by atoms with E-state index in [2.05, 4.69) is 0 Å². The molecule has 1 aromatic carbocycles. The van der Waals surface area contributed by atoms with Crippen LogP contribution in [-0.2, 0) is 4.79 Å². The van der Waals surface area contributed by atoms with Crippen LogP contribution in [0.4, 0.5) is 27.7 Å². The largest absolute Gasteiger partial charge is 0.477 e. The van der Waals surface area contributed by atoms with Crippen molar-refractivity contribution in [2.45, 2.75) is 12.0 Å². The van der Waals surface area contributed by atoms with Gasteiger partial charge in [0.2, 0.25) is 0 Å². The Hall–Kier alpha value is -1.86. The van der Waals surface area contributed by atoms with Gasteiger partial charge in [-0.05, 0) is 12.1 Å². The van der Waals surface area contributed by atoms with Gasteiger partial charge in [-0.3, -0.25) is 0 Å². The normalized spacial score (nSPS) is 15.1. The number of carboxylic acid groups (broad SMARTS) is 1. The maximum atomic E-state index is 13.3. The van der Waals surface area contributed by atoms with E-state index in [9.17, 15) is 26.8 Å². The topological polar surface area (TPSA) is 40.5 Å². The van der Waals surface area contributed by atoms with Gasteiger partial charge in [0.1, 0.15) is 0 Å². The molecule has 0 heterocycles. The lowest BCUT2D eigenvalue weighted by Gasteiger charge is -2.29. The zero-order valence-corrected chi connectivity index (χ0v) is 8.08. The second kappa shape index (κ2) is 4.19. The molecule has 0 bridgehead atoms. The lowest BCUT2D eigenvalue weighted by molar-refractivity contribution is -0.244. The molecule has 0 aliphatic carbocycles. The molecule has 3 nitrogen and oxygen atoms in total. The molecule has 1 N–H and O–H groups in total. The fraction of sp³-hybridized carbons (Fsp3) is 0.222. The van der Waals surface area contributed by atoms with E-state index >= 15 is 0 Å². The third-order valence-corrected chi connectivity index (χ3v) is 1.91. The predicted octanol–water partition coefficient (Wildman–Crippen LogP) is 2.69. The van der Waals surface area contributed by atoms with E-state index in [0.717, 1.165) is 24.3 Å². The molecule has 1 aromatic rings. The molecule has 1 atom stereocenters. The molecule has 0 amide bonds. The number of hydrogen-bond donors (Lipinski definition) is 1. The number of carboxylic acids is 1. The zero-order chi connectivity index (χ0) is 13.3. The lowest BCUT2D eigenvalue weighted by Crippen LogP contribution is -2.58. The third kappa shape index (κ3) is 2.15. The molecule has 0 saturated heterocycles. The highest BCUT2D eigenvalue weighted by Gasteiger charge is 2.68. The standard InChI is InChI=1S/C9H6F5NO2/c10-8(7(16)17,9(11,12)13)15(14)6-4-2-1-3-5-6/h1-5H,(H,16,17). The van der Waals surface area contributed by atoms with Gasteiger partial charge in [0, 0.05) is 0 Å². The Morgan fingerprint density at radius 2 is 1.59 bits per heavy atom. The minimum Gasteiger partial charge on any atom is -0.477 e. The molecule has 0 spiro atoms. The van der Waals surface area contributed by atoms with Gasteiger partial charge in [0.15, 0.2) is 0 Å². The number of carbonyl (C=O) groups is 1. The van der Waals surface area contributed by atoms with Crippen molar-refractivity contribution in [2.75, 3.05) is 5.12 Å². The molecule has 94 valence electrons. The summed E-state index contributed by atoms with van der Waals surface area (Å²) in [5, 5.41) is 6.76. The molecule has 8 heteroatoms. The van der Waals surface area contributed by atoms with Crippen molar-refractivity contribution >= 4 is 11.7 Å². The zero-order valence-electron chi connectivity index (χ0n) is 8.08. The molecule has 0 aromatic heterocycles. The van der Waals surface area contributed by atoms with Crippen molar-refractivity contribution in [2.24, 2.45) is 0 Å². The summed E-state index contributed by atoms with van der Waals surface area (Å²) in [6, 6.07) is 5.25. The highest BCUT2D eigenvalue weighted by Crippen LogP contribution is 2.40. The smallest absolute Gasteiger partial charge is 0.456 e. The van der Waals surface area contributed by atoms with Gasteiger partial charge in [-0.25, -0.2) is 4.79 Å². The van der Waals surface area contributed by atoms with Crippen molar-refractivity contribution in [1.29, 1.82) is 0 Å². The Kier molecular flexibility index (Phi) is 3.25. The van der Waals surface area contributed by atoms with E-state index in [1.807, 2.05) is 0 Å². The summed E-state index contributed by atoms with van der Waals surface area (Å²) in [5.41, 5.74) is -0.852. The average molecular weight is 255 g/mol. The Bertz CT molecular complexity index is 408. The number of anilines is 1. The molecule has 0 aliphatic heterocycles. The van der Waals surface area contributed by atoms with Crippen molar-refractivity contribution in [3.63, 3.8) is 0 Å². The van der Waals surface area contributed by atoms with E-state index in [1.165, 1.54) is 6.07 Å². The van der Waals surface area contributed by atoms with Crippen LogP contribution in [0.2, 0.25) is 0 Å². The van der Waals surface area contributed by atoms with Crippen LogP contribution in [0.15, 0.2) is 30.3 Å². The van der Waals surface area contributed by atoms with Crippen LogP contribution < -0.4 is 5.12 Å². The van der Waals surface area contributed by atoms with Gasteiger partial charge < -0.3 is 5.11 Å². The summed E-state index contributed by atoms with van der Waals surface area (Å²) in [6.45, 7) is 0. The van der Waals surface area contributed by atoms with Crippen LogP contribution in [-0.4, -0.2) is 23.0 Å². The number of benzene rings is 1. The number of rotatable bonds is 3. The van der Waals surface area contributed by atoms with Crippen LogP contribution in [0, 0.1) is 0 Å². The van der Waals surface area contributed by atoms with Crippen LogP contribution >= 0.6 is 0 Å². The summed E-state index contributed by atoms with van der Waals surface area (Å²) >= 11 is 0. The molecule has 1 rings (SSSR count). The van der Waals surface area contributed by atoms with E-state index < -0.39 is 28.7 Å². The molecule has 0 fully saturated rings. The van der Waals surface area contributed by atoms with Crippen molar-refractivity contribution < 1.29 is 31.9 Å². The van der Waals surface area contributed by atoms with Crippen LogP contribution in [0.1, 0.15) is 0 Å². The summed E-state index contributed by atoms with van der Waals surface area (Å²) in [6.07, 6.45) is -5.91. The molecule has 0 aliphatic rings. The Morgan fingerprint density at radius 3 is 1.94 bits per heavy atom. The maximum absolute atomic E-state index is 13.3. The highest BCUT2D eigenvalue weighted by molar-refractivity contribution is 5.82. The fourth-order valence-electron chi connectivity index (χ4n) is 1.05. The second-order valence-electron chi connectivity index (χ2n) is 3.04. The first-order chi connectivity index (χ1) is 7.71. The van der Waals surface area contributed by atoms with E-state index in [-0.39, 0.29) is 0 Å². The average Bonchev–Trinajstić information content (AvgIpc) is 2.26. The SMILES string of the molecule is O=C(O)C(F)(N(F)c1ccccc1)C(F)(F)F. The highest BCUT2D eigenvalue weighted by atomic mass is 19.4. The van der Waals surface area contributed by atoms with Gasteiger partial charge >= 0.3 is 17.9 Å². The number of para-hydroxylation sites is 1. The Morgan fingerprint density at radius 1 is 1.12 bits per heavy atom. The van der Waals surface area contributed by atoms with Gasteiger partial charge in [-0.1, -0.05) is 22.7 Å². The van der Waals surface area contributed by atoms with Crippen molar-refractivity contribution in [3.8, 4) is 0 Å². The minimum absolute atomic E-state index is 0.809. The van der Waals surface area contributed by atoms with Gasteiger partial charge in [0.25, 0.3) is 0 Å². The Labute approximate surface area is 92.0 Å². The molecule has 17 heavy (non-hydrogen) atoms. The summed E-state index contributed by atoms with van der Waals surface area (Å²) < 4.78 is 63.4. The van der Waals surface area contributed by atoms with Gasteiger partial charge in [-0.15, -0.1) is 0 Å². The number of aliphatic carboxylic acids is 1. The summed E-state index contributed by atoms with van der Waals surface area (Å²) in [4.78, 5) is 10.3. The maximum Gasteiger partial charge on any atom is 0.456 e. The molecular formula is C9H6F5NO2. The number of hydrogen-bond acceptors (Lipinski definition) is 2. The predicted molar refractivity (Wildman–Crippen MR) is 47.6 cm³/mol. The van der Waals surface area contributed by atoms with Crippen molar-refractivity contribution in [1.82, 2.24) is 0 Å².